The first kappa shape index (κ1) is 20.8. The van der Waals surface area contributed by atoms with Crippen LogP contribution in [0.5, 0.6) is 5.75 Å². The first-order valence-electron chi connectivity index (χ1n) is 10.2. The minimum atomic E-state index is -0.0698. The summed E-state index contributed by atoms with van der Waals surface area (Å²) in [5.74, 6) is 1.43. The molecule has 6 nitrogen and oxygen atoms in total. The maximum atomic E-state index is 12.5. The lowest BCUT2D eigenvalue weighted by molar-refractivity contribution is -0.116. The highest BCUT2D eigenvalue weighted by Gasteiger charge is 2.15. The third-order valence-corrected chi connectivity index (χ3v) is 5.96. The van der Waals surface area contributed by atoms with Gasteiger partial charge in [0.15, 0.2) is 0 Å². The topological polar surface area (TPSA) is 67.3 Å². The molecule has 7 heteroatoms. The molecule has 2 heterocycles. The lowest BCUT2D eigenvalue weighted by atomic mass is 10.2. The summed E-state index contributed by atoms with van der Waals surface area (Å²) >= 11 is 1.64. The van der Waals surface area contributed by atoms with Gasteiger partial charge in [-0.05, 0) is 30.7 Å². The third kappa shape index (κ3) is 4.83. The molecule has 31 heavy (non-hydrogen) atoms. The van der Waals surface area contributed by atoms with Crippen LogP contribution in [0.1, 0.15) is 13.3 Å². The number of aromatic nitrogens is 2. The van der Waals surface area contributed by atoms with E-state index in [0.717, 1.165) is 26.5 Å². The Balaban J connectivity index is 1.46. The van der Waals surface area contributed by atoms with Crippen molar-refractivity contribution in [1.29, 1.82) is 0 Å². The molecule has 0 aliphatic heterocycles. The molecule has 2 aromatic carbocycles. The molecule has 1 amide bonds. The Hall–Kier alpha value is -3.45. The van der Waals surface area contributed by atoms with Crippen LogP contribution in [0.4, 0.5) is 11.5 Å². The van der Waals surface area contributed by atoms with Crippen molar-refractivity contribution in [2.45, 2.75) is 13.3 Å². The quantitative estimate of drug-likeness (QED) is 0.413. The van der Waals surface area contributed by atoms with Crippen molar-refractivity contribution in [2.75, 3.05) is 30.4 Å². The van der Waals surface area contributed by atoms with Crippen molar-refractivity contribution in [3.8, 4) is 16.2 Å². The molecule has 0 aliphatic carbocycles. The summed E-state index contributed by atoms with van der Waals surface area (Å²) in [4.78, 5) is 25.5. The minimum Gasteiger partial charge on any atom is -0.492 e. The van der Waals surface area contributed by atoms with E-state index in [1.807, 2.05) is 61.3 Å². The van der Waals surface area contributed by atoms with Crippen LogP contribution in [0.15, 0.2) is 67.0 Å². The van der Waals surface area contributed by atoms with E-state index in [1.165, 1.54) is 0 Å². The molecule has 0 unspecified atom stereocenters. The molecule has 0 radical (unpaired) electrons. The molecule has 0 spiro atoms. The maximum absolute atomic E-state index is 12.5. The predicted octanol–water partition coefficient (Wildman–Crippen LogP) is 5.22. The second-order valence-electron chi connectivity index (χ2n) is 7.04. The largest absolute Gasteiger partial charge is 0.492 e. The Kier molecular flexibility index (Phi) is 6.43. The summed E-state index contributed by atoms with van der Waals surface area (Å²) in [6.45, 7) is 3.00. The summed E-state index contributed by atoms with van der Waals surface area (Å²) in [6.07, 6.45) is 1.91. The lowest BCUT2D eigenvalue weighted by Crippen LogP contribution is -2.25. The molecule has 4 aromatic rings. The predicted molar refractivity (Wildman–Crippen MR) is 127 cm³/mol. The van der Waals surface area contributed by atoms with Crippen LogP contribution in [0.2, 0.25) is 0 Å². The molecule has 4 rings (SSSR count). The molecule has 1 N–H and O–H groups in total. The average Bonchev–Trinajstić information content (AvgIpc) is 3.24. The van der Waals surface area contributed by atoms with Crippen LogP contribution < -0.4 is 15.0 Å². The van der Waals surface area contributed by atoms with E-state index in [-0.39, 0.29) is 5.91 Å². The Morgan fingerprint density at radius 1 is 1.10 bits per heavy atom. The number of nitrogens with zero attached hydrogens (tertiary/aromatic N) is 3. The minimum absolute atomic E-state index is 0.0698. The first-order valence-corrected chi connectivity index (χ1v) is 11.0. The van der Waals surface area contributed by atoms with Crippen molar-refractivity contribution in [1.82, 2.24) is 9.97 Å². The fraction of sp³-hybridized carbons (Fsp3) is 0.208. The smallest absolute Gasteiger partial charge is 0.226 e. The summed E-state index contributed by atoms with van der Waals surface area (Å²) in [5, 5.41) is 3.94. The van der Waals surface area contributed by atoms with Crippen LogP contribution in [0.25, 0.3) is 20.7 Å². The van der Waals surface area contributed by atoms with Gasteiger partial charge in [-0.1, -0.05) is 42.5 Å². The van der Waals surface area contributed by atoms with Gasteiger partial charge in [0, 0.05) is 24.9 Å². The van der Waals surface area contributed by atoms with Gasteiger partial charge in [0.2, 0.25) is 5.91 Å². The molecule has 0 aliphatic rings. The standard InChI is InChI=1S/C24H24N4O2S/c1-3-30-20-12-8-7-11-19(20)27-22(29)13-14-28(2)23-18-15-21(17-9-5-4-6-10-17)31-24(18)26-16-25-23/h4-12,15-16H,3,13-14H2,1-2H3,(H,27,29). The number of benzene rings is 2. The van der Waals surface area contributed by atoms with Crippen molar-refractivity contribution < 1.29 is 9.53 Å². The first-order chi connectivity index (χ1) is 15.2. The zero-order chi connectivity index (χ0) is 21.6. The van der Waals surface area contributed by atoms with Gasteiger partial charge in [0.05, 0.1) is 17.7 Å². The van der Waals surface area contributed by atoms with Gasteiger partial charge in [-0.3, -0.25) is 4.79 Å². The molecular formula is C24H24N4O2S. The summed E-state index contributed by atoms with van der Waals surface area (Å²) < 4.78 is 5.58. The molecule has 0 bridgehead atoms. The number of ether oxygens (including phenoxy) is 1. The number of anilines is 2. The lowest BCUT2D eigenvalue weighted by Gasteiger charge is -2.18. The van der Waals surface area contributed by atoms with Crippen LogP contribution in [0, 0.1) is 0 Å². The molecule has 0 saturated carbocycles. The number of nitrogens with one attached hydrogen (secondary N) is 1. The highest BCUT2D eigenvalue weighted by Crippen LogP contribution is 2.35. The zero-order valence-corrected chi connectivity index (χ0v) is 18.4. The molecule has 158 valence electrons. The fourth-order valence-corrected chi connectivity index (χ4v) is 4.33. The van der Waals surface area contributed by atoms with Gasteiger partial charge >= 0.3 is 0 Å². The van der Waals surface area contributed by atoms with Gasteiger partial charge in [-0.25, -0.2) is 9.97 Å². The maximum Gasteiger partial charge on any atom is 0.226 e. The van der Waals surface area contributed by atoms with Gasteiger partial charge in [0.1, 0.15) is 22.7 Å². The number of para-hydroxylation sites is 2. The van der Waals surface area contributed by atoms with E-state index in [2.05, 4.69) is 33.5 Å². The molecule has 0 saturated heterocycles. The van der Waals surface area contributed by atoms with Crippen molar-refractivity contribution in [3.63, 3.8) is 0 Å². The monoisotopic (exact) mass is 432 g/mol. The number of fused-ring (bicyclic) bond motifs is 1. The van der Waals surface area contributed by atoms with E-state index < -0.39 is 0 Å². The van der Waals surface area contributed by atoms with Gasteiger partial charge < -0.3 is 15.0 Å². The van der Waals surface area contributed by atoms with Gasteiger partial charge in [-0.2, -0.15) is 0 Å². The van der Waals surface area contributed by atoms with Crippen LogP contribution in [-0.2, 0) is 4.79 Å². The second kappa shape index (κ2) is 9.57. The van der Waals surface area contributed by atoms with Crippen molar-refractivity contribution >= 4 is 39.0 Å². The van der Waals surface area contributed by atoms with E-state index in [4.69, 9.17) is 4.74 Å². The van der Waals surface area contributed by atoms with Crippen LogP contribution in [-0.4, -0.2) is 36.1 Å². The Morgan fingerprint density at radius 3 is 2.68 bits per heavy atom. The zero-order valence-electron chi connectivity index (χ0n) is 17.5. The highest BCUT2D eigenvalue weighted by molar-refractivity contribution is 7.21. The van der Waals surface area contributed by atoms with Gasteiger partial charge in [0.25, 0.3) is 0 Å². The number of amides is 1. The third-order valence-electron chi connectivity index (χ3n) is 4.86. The van der Waals surface area contributed by atoms with Gasteiger partial charge in [-0.15, -0.1) is 11.3 Å². The second-order valence-corrected chi connectivity index (χ2v) is 8.07. The van der Waals surface area contributed by atoms with E-state index in [1.54, 1.807) is 17.7 Å². The summed E-state index contributed by atoms with van der Waals surface area (Å²) in [6, 6.07) is 19.8. The Bertz CT molecular complexity index is 1180. The number of hydrogen-bond donors (Lipinski definition) is 1. The Morgan fingerprint density at radius 2 is 1.87 bits per heavy atom. The van der Waals surface area contributed by atoms with Crippen molar-refractivity contribution in [2.24, 2.45) is 0 Å². The Labute approximate surface area is 185 Å². The number of hydrogen-bond acceptors (Lipinski definition) is 6. The van der Waals surface area contributed by atoms with E-state index in [0.29, 0.717) is 31.0 Å². The van der Waals surface area contributed by atoms with E-state index >= 15 is 0 Å². The number of thiophene rings is 1. The summed E-state index contributed by atoms with van der Waals surface area (Å²) in [5.41, 5.74) is 1.85. The number of carbonyl (C=O) groups is 1. The highest BCUT2D eigenvalue weighted by atomic mass is 32.1. The van der Waals surface area contributed by atoms with Crippen molar-refractivity contribution in [3.05, 3.63) is 67.0 Å². The fourth-order valence-electron chi connectivity index (χ4n) is 3.33. The number of carbonyl (C=O) groups excluding carboxylic acids is 1. The van der Waals surface area contributed by atoms with Crippen LogP contribution in [0.3, 0.4) is 0 Å². The normalized spacial score (nSPS) is 10.8. The molecule has 0 fully saturated rings. The summed E-state index contributed by atoms with van der Waals surface area (Å²) in [7, 11) is 1.95. The van der Waals surface area contributed by atoms with E-state index in [9.17, 15) is 4.79 Å². The molecule has 0 atom stereocenters. The van der Waals surface area contributed by atoms with Crippen LogP contribution >= 0.6 is 11.3 Å². The molecular weight excluding hydrogens is 408 g/mol. The molecule has 2 aromatic heterocycles. The number of rotatable bonds is 8. The SMILES string of the molecule is CCOc1ccccc1NC(=O)CCN(C)c1ncnc2sc(-c3ccccc3)cc12. The average molecular weight is 433 g/mol.